The zero-order valence-electron chi connectivity index (χ0n) is 10.1. The summed E-state index contributed by atoms with van der Waals surface area (Å²) in [6, 6.07) is 0.297. The van der Waals surface area contributed by atoms with Crippen molar-refractivity contribution < 1.29 is 9.53 Å². The van der Waals surface area contributed by atoms with Crippen LogP contribution >= 0.6 is 0 Å². The Bertz CT molecular complexity index is 334. The molecule has 5 nitrogen and oxygen atoms in total. The lowest BCUT2D eigenvalue weighted by Crippen LogP contribution is -2.29. The van der Waals surface area contributed by atoms with Gasteiger partial charge in [-0.25, -0.2) is 0 Å². The minimum atomic E-state index is -0.0980. The lowest BCUT2D eigenvalue weighted by atomic mass is 10.4. The highest BCUT2D eigenvalue weighted by Gasteiger charge is 2.05. The smallest absolute Gasteiger partial charge is 0.257 e. The van der Waals surface area contributed by atoms with Crippen molar-refractivity contribution in [1.82, 2.24) is 15.1 Å². The zero-order valence-corrected chi connectivity index (χ0v) is 10.1. The second-order valence-corrected chi connectivity index (χ2v) is 3.89. The van der Waals surface area contributed by atoms with E-state index in [9.17, 15) is 4.79 Å². The van der Waals surface area contributed by atoms with Gasteiger partial charge in [0.2, 0.25) is 0 Å². The minimum Gasteiger partial charge on any atom is -0.480 e. The third kappa shape index (κ3) is 3.92. The second kappa shape index (κ2) is 6.15. The standard InChI is InChI=1S/C11H19N3O2/c1-4-5-12-11(15)8-16-10-6-13-14(7-10)9(2)3/h6-7,9H,4-5,8H2,1-3H3,(H,12,15). The van der Waals surface area contributed by atoms with Gasteiger partial charge in [0.25, 0.3) is 5.91 Å². The van der Waals surface area contributed by atoms with E-state index in [0.717, 1.165) is 6.42 Å². The predicted molar refractivity (Wildman–Crippen MR) is 61.4 cm³/mol. The number of carbonyl (C=O) groups excluding carboxylic acids is 1. The summed E-state index contributed by atoms with van der Waals surface area (Å²) in [7, 11) is 0. The summed E-state index contributed by atoms with van der Waals surface area (Å²) in [6.07, 6.45) is 4.34. The number of nitrogens with one attached hydrogen (secondary N) is 1. The van der Waals surface area contributed by atoms with Crippen molar-refractivity contribution in [3.05, 3.63) is 12.4 Å². The number of amides is 1. The summed E-state index contributed by atoms with van der Waals surface area (Å²) in [4.78, 5) is 11.3. The van der Waals surface area contributed by atoms with Crippen molar-refractivity contribution in [3.8, 4) is 5.75 Å². The molecule has 1 amide bonds. The number of ether oxygens (including phenoxy) is 1. The summed E-state index contributed by atoms with van der Waals surface area (Å²) >= 11 is 0. The van der Waals surface area contributed by atoms with E-state index in [1.165, 1.54) is 0 Å². The largest absolute Gasteiger partial charge is 0.480 e. The molecule has 1 rings (SSSR count). The van der Waals surface area contributed by atoms with Gasteiger partial charge in [-0.05, 0) is 20.3 Å². The van der Waals surface area contributed by atoms with Crippen LogP contribution in [0.25, 0.3) is 0 Å². The van der Waals surface area contributed by atoms with Crippen molar-refractivity contribution in [3.63, 3.8) is 0 Å². The molecule has 0 aliphatic rings. The monoisotopic (exact) mass is 225 g/mol. The molecule has 16 heavy (non-hydrogen) atoms. The lowest BCUT2D eigenvalue weighted by molar-refractivity contribution is -0.123. The molecule has 0 aliphatic heterocycles. The van der Waals surface area contributed by atoms with Crippen LogP contribution in [0.3, 0.4) is 0 Å². The van der Waals surface area contributed by atoms with E-state index < -0.39 is 0 Å². The first-order valence-corrected chi connectivity index (χ1v) is 5.57. The summed E-state index contributed by atoms with van der Waals surface area (Å²) < 4.78 is 7.09. The first-order chi connectivity index (χ1) is 7.63. The van der Waals surface area contributed by atoms with E-state index in [0.29, 0.717) is 18.3 Å². The third-order valence-corrected chi connectivity index (χ3v) is 2.05. The first-order valence-electron chi connectivity index (χ1n) is 5.57. The van der Waals surface area contributed by atoms with Gasteiger partial charge in [-0.1, -0.05) is 6.92 Å². The Kier molecular flexibility index (Phi) is 4.82. The quantitative estimate of drug-likeness (QED) is 0.795. The molecule has 0 saturated carbocycles. The maximum absolute atomic E-state index is 11.3. The van der Waals surface area contributed by atoms with Gasteiger partial charge in [0.05, 0.1) is 12.4 Å². The van der Waals surface area contributed by atoms with Crippen LogP contribution in [-0.2, 0) is 4.79 Å². The van der Waals surface area contributed by atoms with Gasteiger partial charge in [-0.3, -0.25) is 9.48 Å². The molecular weight excluding hydrogens is 206 g/mol. The van der Waals surface area contributed by atoms with E-state index in [1.807, 2.05) is 20.8 Å². The molecule has 90 valence electrons. The van der Waals surface area contributed by atoms with E-state index in [2.05, 4.69) is 10.4 Å². The van der Waals surface area contributed by atoms with Crippen LogP contribution in [0.5, 0.6) is 5.75 Å². The molecule has 1 aromatic heterocycles. The average molecular weight is 225 g/mol. The van der Waals surface area contributed by atoms with Crippen molar-refractivity contribution in [2.24, 2.45) is 0 Å². The molecule has 0 aromatic carbocycles. The molecule has 0 bridgehead atoms. The molecule has 5 heteroatoms. The van der Waals surface area contributed by atoms with Gasteiger partial charge in [0.15, 0.2) is 12.4 Å². The van der Waals surface area contributed by atoms with Crippen LogP contribution in [0, 0.1) is 0 Å². The van der Waals surface area contributed by atoms with Crippen molar-refractivity contribution >= 4 is 5.91 Å². The SMILES string of the molecule is CCCNC(=O)COc1cnn(C(C)C)c1. The molecule has 0 fully saturated rings. The fourth-order valence-corrected chi connectivity index (χ4v) is 1.14. The number of nitrogens with zero attached hydrogens (tertiary/aromatic N) is 2. The molecule has 0 atom stereocenters. The highest BCUT2D eigenvalue weighted by molar-refractivity contribution is 5.77. The van der Waals surface area contributed by atoms with Crippen molar-refractivity contribution in [2.45, 2.75) is 33.2 Å². The Morgan fingerprint density at radius 2 is 2.38 bits per heavy atom. The second-order valence-electron chi connectivity index (χ2n) is 3.89. The fraction of sp³-hybridized carbons (Fsp3) is 0.636. The normalized spacial score (nSPS) is 10.5. The Labute approximate surface area is 95.8 Å². The number of rotatable bonds is 6. The molecule has 0 unspecified atom stereocenters. The van der Waals surface area contributed by atoms with Gasteiger partial charge in [0, 0.05) is 12.6 Å². The maximum atomic E-state index is 11.3. The Balaban J connectivity index is 2.33. The Morgan fingerprint density at radius 3 is 2.94 bits per heavy atom. The third-order valence-electron chi connectivity index (χ3n) is 2.05. The fourth-order valence-electron chi connectivity index (χ4n) is 1.14. The van der Waals surface area contributed by atoms with Crippen LogP contribution in [-0.4, -0.2) is 28.8 Å². The van der Waals surface area contributed by atoms with Crippen molar-refractivity contribution in [2.75, 3.05) is 13.2 Å². The Morgan fingerprint density at radius 1 is 1.62 bits per heavy atom. The van der Waals surface area contributed by atoms with E-state index in [4.69, 9.17) is 4.74 Å². The first kappa shape index (κ1) is 12.5. The predicted octanol–water partition coefficient (Wildman–Crippen LogP) is 1.37. The molecular formula is C11H19N3O2. The highest BCUT2D eigenvalue weighted by Crippen LogP contribution is 2.11. The summed E-state index contributed by atoms with van der Waals surface area (Å²) in [5.74, 6) is 0.527. The molecule has 0 radical (unpaired) electrons. The maximum Gasteiger partial charge on any atom is 0.257 e. The van der Waals surface area contributed by atoms with E-state index >= 15 is 0 Å². The highest BCUT2D eigenvalue weighted by atomic mass is 16.5. The van der Waals surface area contributed by atoms with E-state index in [1.54, 1.807) is 17.1 Å². The van der Waals surface area contributed by atoms with Gasteiger partial charge >= 0.3 is 0 Å². The molecule has 0 aliphatic carbocycles. The zero-order chi connectivity index (χ0) is 12.0. The van der Waals surface area contributed by atoms with Gasteiger partial charge in [-0.2, -0.15) is 5.10 Å². The Hall–Kier alpha value is -1.52. The number of aromatic nitrogens is 2. The summed E-state index contributed by atoms with van der Waals surface area (Å²) in [6.45, 7) is 6.81. The van der Waals surface area contributed by atoms with Crippen LogP contribution in [0.1, 0.15) is 33.2 Å². The van der Waals surface area contributed by atoms with Crippen LogP contribution in [0.4, 0.5) is 0 Å². The van der Waals surface area contributed by atoms with Gasteiger partial charge < -0.3 is 10.1 Å². The van der Waals surface area contributed by atoms with Crippen LogP contribution in [0.15, 0.2) is 12.4 Å². The summed E-state index contributed by atoms with van der Waals surface area (Å²) in [5.41, 5.74) is 0. The summed E-state index contributed by atoms with van der Waals surface area (Å²) in [5, 5.41) is 6.86. The number of hydrogen-bond acceptors (Lipinski definition) is 3. The average Bonchev–Trinajstić information content (AvgIpc) is 2.72. The van der Waals surface area contributed by atoms with E-state index in [-0.39, 0.29) is 12.5 Å². The van der Waals surface area contributed by atoms with Crippen LogP contribution in [0.2, 0.25) is 0 Å². The molecule has 1 N–H and O–H groups in total. The van der Waals surface area contributed by atoms with Crippen LogP contribution < -0.4 is 10.1 Å². The minimum absolute atomic E-state index is 0.0454. The molecule has 0 spiro atoms. The van der Waals surface area contributed by atoms with Gasteiger partial charge in [0.1, 0.15) is 0 Å². The van der Waals surface area contributed by atoms with Crippen molar-refractivity contribution in [1.29, 1.82) is 0 Å². The molecule has 1 heterocycles. The van der Waals surface area contributed by atoms with Gasteiger partial charge in [-0.15, -0.1) is 0 Å². The molecule has 0 saturated heterocycles. The molecule has 1 aromatic rings. The topological polar surface area (TPSA) is 56.1 Å². The number of carbonyl (C=O) groups is 1. The number of hydrogen-bond donors (Lipinski definition) is 1. The lowest BCUT2D eigenvalue weighted by Gasteiger charge is -2.05.